The minimum Gasteiger partial charge on any atom is -0.0891 e. The number of hydrogen-bond acceptors (Lipinski definition) is 0. The van der Waals surface area contributed by atoms with Gasteiger partial charge >= 0.3 is 0 Å². The molecule has 0 aromatic carbocycles. The molecule has 0 spiro atoms. The van der Waals surface area contributed by atoms with Crippen LogP contribution in [0.5, 0.6) is 0 Å². The second kappa shape index (κ2) is 7.67. The summed E-state index contributed by atoms with van der Waals surface area (Å²) >= 11 is 0. The summed E-state index contributed by atoms with van der Waals surface area (Å²) < 4.78 is 0. The molecule has 3 fully saturated rings. The average Bonchev–Trinajstić information content (AvgIpc) is 2.73. The molecule has 0 bridgehead atoms. The maximum atomic E-state index is 2.45. The quantitative estimate of drug-likeness (QED) is 0.365. The largest absolute Gasteiger partial charge is 0.121 e. The van der Waals surface area contributed by atoms with Gasteiger partial charge in [0.25, 0.3) is 0 Å². The highest BCUT2D eigenvalue weighted by atomic mass is 14.5. The third-order valence-electron chi connectivity index (χ3n) is 9.88. The minimum atomic E-state index is 1.03. The zero-order chi connectivity index (χ0) is 17.5. The summed E-state index contributed by atoms with van der Waals surface area (Å²) in [7, 11) is 1.44. The van der Waals surface area contributed by atoms with Crippen molar-refractivity contribution in [2.45, 2.75) is 109 Å². The summed E-state index contributed by atoms with van der Waals surface area (Å²) in [4.78, 5) is 0. The van der Waals surface area contributed by atoms with E-state index in [-0.39, 0.29) is 0 Å². The van der Waals surface area contributed by atoms with Gasteiger partial charge in [-0.05, 0) is 93.3 Å². The highest BCUT2D eigenvalue weighted by Crippen LogP contribution is 2.59. The van der Waals surface area contributed by atoms with E-state index < -0.39 is 0 Å². The van der Waals surface area contributed by atoms with E-state index in [1.165, 1.54) is 45.8 Å². The van der Waals surface area contributed by atoms with E-state index >= 15 is 0 Å². The van der Waals surface area contributed by atoms with Crippen LogP contribution < -0.4 is 0 Å². The van der Waals surface area contributed by atoms with E-state index in [4.69, 9.17) is 0 Å². The van der Waals surface area contributed by atoms with Crippen LogP contribution in [0.2, 0.25) is 12.6 Å². The Morgan fingerprint density at radius 1 is 0.654 bits per heavy atom. The molecule has 0 aromatic rings. The van der Waals surface area contributed by atoms with Gasteiger partial charge in [-0.25, -0.2) is 0 Å². The SMILES string of the molecule is CBC1CCCC(C2CC3C4=C(CCCC4)CCC3C3CCCCC23)C1. The van der Waals surface area contributed by atoms with Crippen molar-refractivity contribution in [3.05, 3.63) is 11.1 Å². The molecule has 0 saturated heterocycles. The maximum absolute atomic E-state index is 2.45. The van der Waals surface area contributed by atoms with Crippen molar-refractivity contribution in [1.29, 1.82) is 0 Å². The van der Waals surface area contributed by atoms with Crippen molar-refractivity contribution in [2.24, 2.45) is 35.5 Å². The molecule has 7 unspecified atom stereocenters. The van der Waals surface area contributed by atoms with Crippen molar-refractivity contribution in [1.82, 2.24) is 0 Å². The molecule has 0 heterocycles. The van der Waals surface area contributed by atoms with Crippen LogP contribution in [0.3, 0.4) is 0 Å². The van der Waals surface area contributed by atoms with E-state index in [0.717, 1.165) is 41.3 Å². The topological polar surface area (TPSA) is 0 Å². The highest BCUT2D eigenvalue weighted by Gasteiger charge is 2.49. The Bertz CT molecular complexity index is 534. The van der Waals surface area contributed by atoms with Crippen LogP contribution in [0.1, 0.15) is 96.3 Å². The molecule has 7 atom stereocenters. The van der Waals surface area contributed by atoms with Gasteiger partial charge in [0.1, 0.15) is 7.28 Å². The van der Waals surface area contributed by atoms with Gasteiger partial charge in [-0.1, -0.05) is 62.3 Å². The Morgan fingerprint density at radius 3 is 2.31 bits per heavy atom. The van der Waals surface area contributed by atoms with Gasteiger partial charge in [-0.15, -0.1) is 0 Å². The molecule has 1 heteroatoms. The Hall–Kier alpha value is -0.195. The van der Waals surface area contributed by atoms with Gasteiger partial charge in [-0.2, -0.15) is 0 Å². The van der Waals surface area contributed by atoms with Gasteiger partial charge in [0.15, 0.2) is 0 Å². The van der Waals surface area contributed by atoms with Crippen molar-refractivity contribution in [3.63, 3.8) is 0 Å². The van der Waals surface area contributed by atoms with Crippen molar-refractivity contribution >= 4 is 7.28 Å². The summed E-state index contributed by atoms with van der Waals surface area (Å²) in [5.41, 5.74) is 3.99. The third-order valence-corrected chi connectivity index (χ3v) is 9.88. The molecule has 144 valence electrons. The van der Waals surface area contributed by atoms with Crippen molar-refractivity contribution in [3.8, 4) is 0 Å². The van der Waals surface area contributed by atoms with Gasteiger partial charge in [0, 0.05) is 0 Å². The van der Waals surface area contributed by atoms with Crippen molar-refractivity contribution < 1.29 is 0 Å². The lowest BCUT2D eigenvalue weighted by Crippen LogP contribution is -2.47. The summed E-state index contributed by atoms with van der Waals surface area (Å²) in [5, 5.41) is 0. The second-order valence-electron chi connectivity index (χ2n) is 10.9. The number of hydrogen-bond donors (Lipinski definition) is 0. The van der Waals surface area contributed by atoms with E-state index in [1.807, 2.05) is 11.1 Å². The zero-order valence-corrected chi connectivity index (χ0v) is 17.4. The average molecular weight is 352 g/mol. The monoisotopic (exact) mass is 352 g/mol. The molecule has 0 N–H and O–H groups in total. The van der Waals surface area contributed by atoms with Gasteiger partial charge in [0.2, 0.25) is 0 Å². The second-order valence-corrected chi connectivity index (χ2v) is 10.9. The molecule has 0 aliphatic heterocycles. The molecule has 5 aliphatic rings. The fraction of sp³-hybridized carbons (Fsp3) is 0.920. The van der Waals surface area contributed by atoms with Crippen LogP contribution in [0.15, 0.2) is 11.1 Å². The third kappa shape index (κ3) is 3.14. The van der Waals surface area contributed by atoms with Crippen LogP contribution in [-0.4, -0.2) is 7.28 Å². The highest BCUT2D eigenvalue weighted by molar-refractivity contribution is 6.35. The van der Waals surface area contributed by atoms with Crippen molar-refractivity contribution in [2.75, 3.05) is 0 Å². The standard InChI is InChI=1S/C25H41B/c1-26-19-9-6-8-18(15-19)24-16-25-20-10-3-2-7-17(20)13-14-23(25)21-11-4-5-12-22(21)24/h18-19,21-26H,2-16H2,1H3. The lowest BCUT2D eigenvalue weighted by molar-refractivity contribution is -0.0233. The van der Waals surface area contributed by atoms with Crippen LogP contribution in [0.25, 0.3) is 0 Å². The predicted molar refractivity (Wildman–Crippen MR) is 114 cm³/mol. The molecule has 3 saturated carbocycles. The Labute approximate surface area is 163 Å². The Kier molecular flexibility index (Phi) is 5.27. The fourth-order valence-electron chi connectivity index (χ4n) is 8.71. The number of fused-ring (bicyclic) bond motifs is 4. The maximum Gasteiger partial charge on any atom is 0.121 e. The fourth-order valence-corrected chi connectivity index (χ4v) is 8.71. The first kappa shape index (κ1) is 17.9. The zero-order valence-electron chi connectivity index (χ0n) is 17.4. The van der Waals surface area contributed by atoms with Gasteiger partial charge in [0.05, 0.1) is 0 Å². The summed E-state index contributed by atoms with van der Waals surface area (Å²) in [6.07, 6.45) is 23.2. The first-order valence-electron chi connectivity index (χ1n) is 12.6. The van der Waals surface area contributed by atoms with Crippen LogP contribution in [-0.2, 0) is 0 Å². The number of rotatable bonds is 2. The first-order valence-corrected chi connectivity index (χ1v) is 12.6. The van der Waals surface area contributed by atoms with Crippen LogP contribution in [0.4, 0.5) is 0 Å². The lowest BCUT2D eigenvalue weighted by atomic mass is 9.48. The Balaban J connectivity index is 1.43. The molecule has 26 heavy (non-hydrogen) atoms. The van der Waals surface area contributed by atoms with E-state index in [9.17, 15) is 0 Å². The lowest BCUT2D eigenvalue weighted by Gasteiger charge is -2.55. The molecule has 0 aromatic heterocycles. The number of allylic oxidation sites excluding steroid dienone is 2. The van der Waals surface area contributed by atoms with Crippen LogP contribution in [0, 0.1) is 35.5 Å². The van der Waals surface area contributed by atoms with Gasteiger partial charge < -0.3 is 0 Å². The molecular formula is C25H41B. The van der Waals surface area contributed by atoms with Crippen LogP contribution >= 0.6 is 0 Å². The first-order chi connectivity index (χ1) is 12.8. The summed E-state index contributed by atoms with van der Waals surface area (Å²) in [5.74, 6) is 7.62. The summed E-state index contributed by atoms with van der Waals surface area (Å²) in [6.45, 7) is 2.45. The van der Waals surface area contributed by atoms with E-state index in [2.05, 4.69) is 6.82 Å². The molecule has 0 amide bonds. The molecule has 5 aliphatic carbocycles. The normalized spacial score (nSPS) is 46.1. The molecule has 5 rings (SSSR count). The summed E-state index contributed by atoms with van der Waals surface area (Å²) in [6, 6.07) is 0. The minimum absolute atomic E-state index is 1.03. The molecule has 0 nitrogen and oxygen atoms in total. The molecule has 0 radical (unpaired) electrons. The smallest absolute Gasteiger partial charge is 0.0891 e. The van der Waals surface area contributed by atoms with E-state index in [0.29, 0.717) is 0 Å². The molecular weight excluding hydrogens is 311 g/mol. The Morgan fingerprint density at radius 2 is 1.46 bits per heavy atom. The van der Waals surface area contributed by atoms with Gasteiger partial charge in [-0.3, -0.25) is 0 Å². The predicted octanol–water partition coefficient (Wildman–Crippen LogP) is 7.17. The van der Waals surface area contributed by atoms with E-state index in [1.54, 1.807) is 57.8 Å².